The molecule has 1 unspecified atom stereocenters. The van der Waals surface area contributed by atoms with E-state index in [-0.39, 0.29) is 6.79 Å². The SMILES string of the molecule is O=C(O)[C@@H]1C(c2ccccc2)[C@@H](C(=O)Oc2ccccc2-c2ccc3c(c2)OCO3)[C@@H]1c1ccccc1. The summed E-state index contributed by atoms with van der Waals surface area (Å²) in [5.41, 5.74) is 3.18. The maximum atomic E-state index is 13.8. The van der Waals surface area contributed by atoms with E-state index in [0.29, 0.717) is 17.2 Å². The molecule has 1 heterocycles. The summed E-state index contributed by atoms with van der Waals surface area (Å²) in [6, 6.07) is 31.6. The molecule has 6 rings (SSSR count). The highest BCUT2D eigenvalue weighted by Gasteiger charge is 2.59. The summed E-state index contributed by atoms with van der Waals surface area (Å²) in [5, 5.41) is 10.2. The molecule has 0 amide bonds. The number of carbonyl (C=O) groups excluding carboxylic acids is 1. The topological polar surface area (TPSA) is 82.1 Å². The molecule has 1 aliphatic heterocycles. The lowest BCUT2D eigenvalue weighted by molar-refractivity contribution is -0.158. The average Bonchev–Trinajstić information content (AvgIpc) is 3.37. The highest BCUT2D eigenvalue weighted by atomic mass is 16.7. The van der Waals surface area contributed by atoms with E-state index in [1.807, 2.05) is 97.1 Å². The van der Waals surface area contributed by atoms with Crippen molar-refractivity contribution in [1.82, 2.24) is 0 Å². The molecule has 0 spiro atoms. The fourth-order valence-electron chi connectivity index (χ4n) is 5.56. The van der Waals surface area contributed by atoms with Gasteiger partial charge in [0.2, 0.25) is 6.79 Å². The minimum Gasteiger partial charge on any atom is -0.481 e. The number of hydrogen-bond donors (Lipinski definition) is 1. The maximum absolute atomic E-state index is 13.8. The maximum Gasteiger partial charge on any atom is 0.315 e. The number of benzene rings is 4. The van der Waals surface area contributed by atoms with Crippen LogP contribution in [0.2, 0.25) is 0 Å². The Morgan fingerprint density at radius 1 is 0.703 bits per heavy atom. The monoisotopic (exact) mass is 492 g/mol. The van der Waals surface area contributed by atoms with Crippen molar-refractivity contribution in [3.63, 3.8) is 0 Å². The molecule has 1 saturated carbocycles. The smallest absolute Gasteiger partial charge is 0.315 e. The molecule has 2 aliphatic rings. The number of fused-ring (bicyclic) bond motifs is 1. The van der Waals surface area contributed by atoms with E-state index in [1.54, 1.807) is 6.07 Å². The number of para-hydroxylation sites is 1. The van der Waals surface area contributed by atoms with E-state index in [2.05, 4.69) is 0 Å². The molecule has 0 radical (unpaired) electrons. The minimum absolute atomic E-state index is 0.170. The Hall–Kier alpha value is -4.58. The summed E-state index contributed by atoms with van der Waals surface area (Å²) in [7, 11) is 0. The Labute approximate surface area is 214 Å². The molecule has 1 fully saturated rings. The Balaban J connectivity index is 1.37. The van der Waals surface area contributed by atoms with Crippen LogP contribution in [0.3, 0.4) is 0 Å². The first-order chi connectivity index (χ1) is 18.1. The van der Waals surface area contributed by atoms with Gasteiger partial charge in [-0.05, 0) is 34.9 Å². The van der Waals surface area contributed by atoms with Crippen molar-refractivity contribution in [2.24, 2.45) is 11.8 Å². The second-order valence-electron chi connectivity index (χ2n) is 9.25. The van der Waals surface area contributed by atoms with E-state index in [0.717, 1.165) is 22.3 Å². The van der Waals surface area contributed by atoms with Crippen molar-refractivity contribution in [2.75, 3.05) is 6.79 Å². The molecule has 1 N–H and O–H groups in total. The second kappa shape index (κ2) is 9.47. The molecular weight excluding hydrogens is 468 g/mol. The van der Waals surface area contributed by atoms with Crippen LogP contribution in [0.15, 0.2) is 103 Å². The molecule has 37 heavy (non-hydrogen) atoms. The number of carboxylic acids is 1. The van der Waals surface area contributed by atoms with Crippen LogP contribution in [0, 0.1) is 11.8 Å². The summed E-state index contributed by atoms with van der Waals surface area (Å²) < 4.78 is 17.0. The fraction of sp³-hybridized carbons (Fsp3) is 0.161. The number of aliphatic carboxylic acids is 1. The van der Waals surface area contributed by atoms with Gasteiger partial charge in [0.25, 0.3) is 0 Å². The van der Waals surface area contributed by atoms with Crippen LogP contribution < -0.4 is 14.2 Å². The number of rotatable bonds is 6. The predicted octanol–water partition coefficient (Wildman–Crippen LogP) is 5.89. The van der Waals surface area contributed by atoms with Crippen molar-refractivity contribution in [3.8, 4) is 28.4 Å². The molecule has 4 aromatic carbocycles. The van der Waals surface area contributed by atoms with Gasteiger partial charge in [-0.2, -0.15) is 0 Å². The van der Waals surface area contributed by atoms with Gasteiger partial charge in [-0.3, -0.25) is 9.59 Å². The Kier molecular flexibility index (Phi) is 5.85. The van der Waals surface area contributed by atoms with E-state index in [4.69, 9.17) is 14.2 Å². The van der Waals surface area contributed by atoms with E-state index in [1.165, 1.54) is 0 Å². The van der Waals surface area contributed by atoms with Crippen molar-refractivity contribution < 1.29 is 28.9 Å². The number of esters is 1. The lowest BCUT2D eigenvalue weighted by Gasteiger charge is -2.49. The minimum atomic E-state index is -0.924. The highest BCUT2D eigenvalue weighted by molar-refractivity contribution is 5.87. The molecule has 0 saturated heterocycles. The molecule has 0 bridgehead atoms. The third-order valence-electron chi connectivity index (χ3n) is 7.26. The molecule has 6 heteroatoms. The van der Waals surface area contributed by atoms with Gasteiger partial charge < -0.3 is 19.3 Å². The molecule has 6 nitrogen and oxygen atoms in total. The Morgan fingerprint density at radius 2 is 1.30 bits per heavy atom. The lowest BCUT2D eigenvalue weighted by atomic mass is 9.52. The highest BCUT2D eigenvalue weighted by Crippen LogP contribution is 2.58. The van der Waals surface area contributed by atoms with Crippen LogP contribution in [0.25, 0.3) is 11.1 Å². The second-order valence-corrected chi connectivity index (χ2v) is 9.25. The Morgan fingerprint density at radius 3 is 1.95 bits per heavy atom. The zero-order chi connectivity index (χ0) is 25.4. The quantitative estimate of drug-likeness (QED) is 0.267. The molecule has 4 aromatic rings. The van der Waals surface area contributed by atoms with Crippen LogP contribution >= 0.6 is 0 Å². The van der Waals surface area contributed by atoms with Crippen LogP contribution in [-0.2, 0) is 9.59 Å². The van der Waals surface area contributed by atoms with Crippen molar-refractivity contribution in [2.45, 2.75) is 11.8 Å². The molecule has 4 atom stereocenters. The first-order valence-corrected chi connectivity index (χ1v) is 12.2. The van der Waals surface area contributed by atoms with Gasteiger partial charge in [-0.1, -0.05) is 84.9 Å². The van der Waals surface area contributed by atoms with Gasteiger partial charge in [-0.15, -0.1) is 0 Å². The number of carbonyl (C=O) groups is 2. The zero-order valence-corrected chi connectivity index (χ0v) is 19.8. The predicted molar refractivity (Wildman–Crippen MR) is 137 cm³/mol. The van der Waals surface area contributed by atoms with E-state index < -0.39 is 35.6 Å². The van der Waals surface area contributed by atoms with Crippen LogP contribution in [-0.4, -0.2) is 23.8 Å². The summed E-state index contributed by atoms with van der Waals surface area (Å²) in [6.07, 6.45) is 0. The fourth-order valence-corrected chi connectivity index (χ4v) is 5.56. The normalized spacial score (nSPS) is 21.6. The molecule has 1 aliphatic carbocycles. The third kappa shape index (κ3) is 4.10. The molecule has 0 aromatic heterocycles. The van der Waals surface area contributed by atoms with Crippen molar-refractivity contribution in [3.05, 3.63) is 114 Å². The summed E-state index contributed by atoms with van der Waals surface area (Å²) >= 11 is 0. The largest absolute Gasteiger partial charge is 0.481 e. The van der Waals surface area contributed by atoms with Crippen molar-refractivity contribution >= 4 is 11.9 Å². The van der Waals surface area contributed by atoms with Gasteiger partial charge in [0.05, 0.1) is 11.8 Å². The standard InChI is InChI=1S/C31H24O6/c32-30(33)28-26(19-9-3-1-4-10-19)29(27(28)20-11-5-2-6-12-20)31(34)37-23-14-8-7-13-22(23)21-15-16-24-25(17-21)36-18-35-24/h1-17,26-29H,18H2,(H,32,33)/t26-,27?,28+,29+/m1/s1. The Bertz CT molecular complexity index is 1400. The first-order valence-electron chi connectivity index (χ1n) is 12.2. The number of ether oxygens (including phenoxy) is 3. The third-order valence-corrected chi connectivity index (χ3v) is 7.26. The molecular formula is C31H24O6. The lowest BCUT2D eigenvalue weighted by Crippen LogP contribution is -2.52. The van der Waals surface area contributed by atoms with Gasteiger partial charge in [0.1, 0.15) is 5.75 Å². The summed E-state index contributed by atoms with van der Waals surface area (Å²) in [5.74, 6) is -2.07. The summed E-state index contributed by atoms with van der Waals surface area (Å²) in [4.78, 5) is 26.3. The van der Waals surface area contributed by atoms with Crippen molar-refractivity contribution in [1.29, 1.82) is 0 Å². The summed E-state index contributed by atoms with van der Waals surface area (Å²) in [6.45, 7) is 0.170. The van der Waals surface area contributed by atoms with Gasteiger partial charge in [0, 0.05) is 17.4 Å². The van der Waals surface area contributed by atoms with E-state index in [9.17, 15) is 14.7 Å². The zero-order valence-electron chi connectivity index (χ0n) is 19.8. The average molecular weight is 493 g/mol. The van der Waals surface area contributed by atoms with Crippen LogP contribution in [0.1, 0.15) is 23.0 Å². The van der Waals surface area contributed by atoms with Crippen LogP contribution in [0.4, 0.5) is 0 Å². The van der Waals surface area contributed by atoms with Gasteiger partial charge >= 0.3 is 11.9 Å². The number of carboxylic acid groups (broad SMARTS) is 1. The van der Waals surface area contributed by atoms with Crippen LogP contribution in [0.5, 0.6) is 17.2 Å². The van der Waals surface area contributed by atoms with E-state index >= 15 is 0 Å². The van der Waals surface area contributed by atoms with Gasteiger partial charge in [-0.25, -0.2) is 0 Å². The number of hydrogen-bond acceptors (Lipinski definition) is 5. The first kappa shape index (κ1) is 22.9. The molecule has 184 valence electrons. The van der Waals surface area contributed by atoms with Gasteiger partial charge in [0.15, 0.2) is 11.5 Å².